The van der Waals surface area contributed by atoms with Crippen LogP contribution < -0.4 is 0 Å². The zero-order valence-corrected chi connectivity index (χ0v) is 13.7. The molecule has 6 heteroatoms. The molecule has 122 valence electrons. The van der Waals surface area contributed by atoms with Gasteiger partial charge in [-0.2, -0.15) is 0 Å². The molecule has 0 bridgehead atoms. The minimum absolute atomic E-state index is 0.332. The Kier molecular flexibility index (Phi) is 6.20. The smallest absolute Gasteiger partial charge is 0.302 e. The summed E-state index contributed by atoms with van der Waals surface area (Å²) in [6.07, 6.45) is -1.49. The molecule has 1 fully saturated rings. The van der Waals surface area contributed by atoms with E-state index in [9.17, 15) is 4.79 Å². The van der Waals surface area contributed by atoms with Gasteiger partial charge in [0.1, 0.15) is 18.3 Å². The molecule has 1 aromatic rings. The summed E-state index contributed by atoms with van der Waals surface area (Å²) in [5.41, 5.74) is 0.890. The normalized spacial score (nSPS) is 26.5. The van der Waals surface area contributed by atoms with Crippen molar-refractivity contribution in [1.82, 2.24) is 0 Å². The number of esters is 1. The van der Waals surface area contributed by atoms with E-state index in [1.165, 1.54) is 6.92 Å². The predicted molar refractivity (Wildman–Crippen MR) is 81.5 cm³/mol. The Balaban J connectivity index is 2.00. The molecule has 2 rings (SSSR count). The summed E-state index contributed by atoms with van der Waals surface area (Å²) in [5, 5.41) is 0.651. The fourth-order valence-corrected chi connectivity index (χ4v) is 2.56. The lowest BCUT2D eigenvalue weighted by Gasteiger charge is -2.37. The van der Waals surface area contributed by atoms with Crippen LogP contribution in [0.25, 0.3) is 0 Å². The molecule has 4 atom stereocenters. The second-order valence-electron chi connectivity index (χ2n) is 5.26. The fourth-order valence-electron chi connectivity index (χ4n) is 2.37. The zero-order chi connectivity index (χ0) is 16.1. The highest BCUT2D eigenvalue weighted by Crippen LogP contribution is 2.23. The van der Waals surface area contributed by atoms with Gasteiger partial charge in [-0.15, -0.1) is 0 Å². The molecule has 0 N–H and O–H groups in total. The third-order valence-corrected chi connectivity index (χ3v) is 3.80. The van der Waals surface area contributed by atoms with Gasteiger partial charge in [0.15, 0.2) is 6.29 Å². The standard InChI is InChI=1S/C16H21ClO5/c1-10(21-11(2)18)16-15(9-19-12(3)22-16)20-8-13-6-4-5-7-14(13)17/h4-7,10,12,15-16H,8-9H2,1-3H3/t10?,12-,15+,16+/m0/s1. The molecule has 1 aliphatic rings. The van der Waals surface area contributed by atoms with E-state index in [1.54, 1.807) is 13.8 Å². The Morgan fingerprint density at radius 2 is 2.18 bits per heavy atom. The monoisotopic (exact) mass is 328 g/mol. The molecule has 22 heavy (non-hydrogen) atoms. The highest BCUT2D eigenvalue weighted by molar-refractivity contribution is 6.31. The Morgan fingerprint density at radius 3 is 2.86 bits per heavy atom. The summed E-state index contributed by atoms with van der Waals surface area (Å²) in [5.74, 6) is -0.347. The van der Waals surface area contributed by atoms with Crippen molar-refractivity contribution in [3.8, 4) is 0 Å². The summed E-state index contributed by atoms with van der Waals surface area (Å²) in [6.45, 7) is 5.68. The van der Waals surface area contributed by atoms with E-state index in [0.717, 1.165) is 5.56 Å². The van der Waals surface area contributed by atoms with Gasteiger partial charge in [0, 0.05) is 11.9 Å². The summed E-state index contributed by atoms with van der Waals surface area (Å²) >= 11 is 6.12. The Bertz CT molecular complexity index is 507. The predicted octanol–water partition coefficient (Wildman–Crippen LogP) is 2.94. The number of hydrogen-bond donors (Lipinski definition) is 0. The van der Waals surface area contributed by atoms with Crippen LogP contribution in [0.1, 0.15) is 26.3 Å². The molecular weight excluding hydrogens is 308 g/mol. The first-order valence-corrected chi connectivity index (χ1v) is 7.64. The summed E-state index contributed by atoms with van der Waals surface area (Å²) in [6, 6.07) is 7.49. The highest BCUT2D eigenvalue weighted by Gasteiger charge is 2.36. The van der Waals surface area contributed by atoms with Gasteiger partial charge in [-0.1, -0.05) is 29.8 Å². The average Bonchev–Trinajstić information content (AvgIpc) is 2.46. The molecule has 0 saturated carbocycles. The van der Waals surface area contributed by atoms with Crippen molar-refractivity contribution in [2.24, 2.45) is 0 Å². The Hall–Kier alpha value is -1.14. The Morgan fingerprint density at radius 1 is 1.45 bits per heavy atom. The highest BCUT2D eigenvalue weighted by atomic mass is 35.5. The van der Waals surface area contributed by atoms with Crippen LogP contribution in [-0.2, 0) is 30.3 Å². The maximum atomic E-state index is 11.1. The van der Waals surface area contributed by atoms with Gasteiger partial charge in [-0.05, 0) is 25.5 Å². The van der Waals surface area contributed by atoms with Crippen molar-refractivity contribution in [2.45, 2.75) is 52.0 Å². The number of benzene rings is 1. The van der Waals surface area contributed by atoms with E-state index in [2.05, 4.69) is 0 Å². The van der Waals surface area contributed by atoms with E-state index >= 15 is 0 Å². The first-order chi connectivity index (χ1) is 10.5. The van der Waals surface area contributed by atoms with Crippen LogP contribution in [-0.4, -0.2) is 37.2 Å². The molecule has 1 aliphatic heterocycles. The minimum atomic E-state index is -0.417. The van der Waals surface area contributed by atoms with E-state index < -0.39 is 6.10 Å². The fraction of sp³-hybridized carbons (Fsp3) is 0.562. The zero-order valence-electron chi connectivity index (χ0n) is 13.0. The molecule has 0 aromatic heterocycles. The van der Waals surface area contributed by atoms with E-state index in [1.807, 2.05) is 24.3 Å². The number of rotatable bonds is 5. The molecule has 0 spiro atoms. The lowest BCUT2D eigenvalue weighted by atomic mass is 10.1. The SMILES string of the molecule is CC(=O)OC(C)[C@H]1O[C@@H](C)OC[C@H]1OCc1ccccc1Cl. The molecular formula is C16H21ClO5. The second-order valence-corrected chi connectivity index (χ2v) is 5.66. The largest absolute Gasteiger partial charge is 0.460 e. The Labute approximate surface area is 135 Å². The molecule has 1 saturated heterocycles. The summed E-state index contributed by atoms with van der Waals surface area (Å²) < 4.78 is 22.3. The molecule has 1 aromatic carbocycles. The third kappa shape index (κ3) is 4.68. The van der Waals surface area contributed by atoms with Gasteiger partial charge in [0.25, 0.3) is 0 Å². The van der Waals surface area contributed by atoms with E-state index in [4.69, 9.17) is 30.5 Å². The number of halogens is 1. The minimum Gasteiger partial charge on any atom is -0.460 e. The number of hydrogen-bond acceptors (Lipinski definition) is 5. The van der Waals surface area contributed by atoms with Crippen molar-refractivity contribution in [2.75, 3.05) is 6.61 Å². The lowest BCUT2D eigenvalue weighted by molar-refractivity contribution is -0.275. The van der Waals surface area contributed by atoms with Crippen LogP contribution in [0.3, 0.4) is 0 Å². The molecule has 1 unspecified atom stereocenters. The van der Waals surface area contributed by atoms with E-state index in [-0.39, 0.29) is 24.5 Å². The van der Waals surface area contributed by atoms with Crippen LogP contribution in [0.2, 0.25) is 5.02 Å². The third-order valence-electron chi connectivity index (χ3n) is 3.44. The molecule has 0 radical (unpaired) electrons. The van der Waals surface area contributed by atoms with Gasteiger partial charge in [0.2, 0.25) is 0 Å². The van der Waals surface area contributed by atoms with Crippen LogP contribution >= 0.6 is 11.6 Å². The topological polar surface area (TPSA) is 54.0 Å². The van der Waals surface area contributed by atoms with Crippen molar-refractivity contribution in [3.63, 3.8) is 0 Å². The van der Waals surface area contributed by atoms with Crippen LogP contribution in [0.5, 0.6) is 0 Å². The van der Waals surface area contributed by atoms with Gasteiger partial charge < -0.3 is 18.9 Å². The first-order valence-electron chi connectivity index (χ1n) is 7.26. The summed E-state index contributed by atoms with van der Waals surface area (Å²) in [7, 11) is 0. The quantitative estimate of drug-likeness (QED) is 0.778. The van der Waals surface area contributed by atoms with Gasteiger partial charge >= 0.3 is 5.97 Å². The first kappa shape index (κ1) is 17.2. The molecule has 1 heterocycles. The van der Waals surface area contributed by atoms with Crippen molar-refractivity contribution >= 4 is 17.6 Å². The summed E-state index contributed by atoms with van der Waals surface area (Å²) in [4.78, 5) is 11.1. The number of ether oxygens (including phenoxy) is 4. The maximum Gasteiger partial charge on any atom is 0.302 e. The molecule has 5 nitrogen and oxygen atoms in total. The van der Waals surface area contributed by atoms with E-state index in [0.29, 0.717) is 18.2 Å². The van der Waals surface area contributed by atoms with Crippen molar-refractivity contribution in [1.29, 1.82) is 0 Å². The second kappa shape index (κ2) is 7.92. The van der Waals surface area contributed by atoms with Gasteiger partial charge in [-0.3, -0.25) is 4.79 Å². The average molecular weight is 329 g/mol. The van der Waals surface area contributed by atoms with Gasteiger partial charge in [-0.25, -0.2) is 0 Å². The van der Waals surface area contributed by atoms with Crippen molar-refractivity contribution in [3.05, 3.63) is 34.9 Å². The number of carbonyl (C=O) groups excluding carboxylic acids is 1. The van der Waals surface area contributed by atoms with Gasteiger partial charge in [0.05, 0.1) is 13.2 Å². The van der Waals surface area contributed by atoms with Crippen molar-refractivity contribution < 1.29 is 23.7 Å². The van der Waals surface area contributed by atoms with Crippen LogP contribution in [0.15, 0.2) is 24.3 Å². The molecule has 0 aliphatic carbocycles. The maximum absolute atomic E-state index is 11.1. The van der Waals surface area contributed by atoms with Crippen LogP contribution in [0, 0.1) is 0 Å². The van der Waals surface area contributed by atoms with Crippen LogP contribution in [0.4, 0.5) is 0 Å². The number of carbonyl (C=O) groups is 1. The molecule has 0 amide bonds. The lowest BCUT2D eigenvalue weighted by Crippen LogP contribution is -2.50.